The molecule has 0 aromatic heterocycles. The van der Waals surface area contributed by atoms with Crippen molar-refractivity contribution in [3.05, 3.63) is 12.2 Å². The molecule has 6 nitrogen and oxygen atoms in total. The first-order chi connectivity index (χ1) is 11.6. The lowest BCUT2D eigenvalue weighted by molar-refractivity contribution is -0.141. The molecule has 0 spiro atoms. The summed E-state index contributed by atoms with van der Waals surface area (Å²) in [7, 11) is 0. The zero-order chi connectivity index (χ0) is 16.7. The minimum atomic E-state index is -0.147. The number of imide groups is 1. The van der Waals surface area contributed by atoms with Crippen LogP contribution in [0.5, 0.6) is 0 Å². The Hall–Kier alpha value is -1.05. The molecule has 138 valence electrons. The van der Waals surface area contributed by atoms with Crippen molar-refractivity contribution in [3.8, 4) is 0 Å². The summed E-state index contributed by atoms with van der Waals surface area (Å²) < 4.78 is 0. The van der Waals surface area contributed by atoms with Crippen LogP contribution >= 0.6 is 24.2 Å². The summed E-state index contributed by atoms with van der Waals surface area (Å²) in [4.78, 5) is 38.4. The van der Waals surface area contributed by atoms with Gasteiger partial charge in [-0.1, -0.05) is 12.2 Å². The molecule has 0 radical (unpaired) electrons. The fraction of sp³-hybridized carbons (Fsp3) is 0.706. The van der Waals surface area contributed by atoms with E-state index in [0.717, 1.165) is 24.5 Å². The summed E-state index contributed by atoms with van der Waals surface area (Å²) in [6.45, 7) is 1.58. The molecule has 3 fully saturated rings. The van der Waals surface area contributed by atoms with Crippen LogP contribution in [0.1, 0.15) is 12.8 Å². The van der Waals surface area contributed by atoms with Gasteiger partial charge < -0.3 is 10.6 Å². The van der Waals surface area contributed by atoms with Crippen molar-refractivity contribution in [2.45, 2.75) is 18.9 Å². The molecule has 3 amide bonds. The van der Waals surface area contributed by atoms with Gasteiger partial charge in [0.1, 0.15) is 0 Å². The molecular weight excluding hydrogens is 362 g/mol. The molecule has 2 saturated heterocycles. The van der Waals surface area contributed by atoms with E-state index in [-0.39, 0.29) is 59.8 Å². The highest BCUT2D eigenvalue weighted by Crippen LogP contribution is 2.52. The molecule has 1 saturated carbocycles. The van der Waals surface area contributed by atoms with Crippen LogP contribution in [0, 0.1) is 23.7 Å². The molecule has 4 aliphatic rings. The highest BCUT2D eigenvalue weighted by atomic mass is 35.5. The highest BCUT2D eigenvalue weighted by molar-refractivity contribution is 7.99. The Morgan fingerprint density at radius 3 is 2.52 bits per heavy atom. The Kier molecular flexibility index (Phi) is 5.75. The highest BCUT2D eigenvalue weighted by Gasteiger charge is 2.58. The lowest BCUT2D eigenvalue weighted by Gasteiger charge is -2.23. The quantitative estimate of drug-likeness (QED) is 0.530. The van der Waals surface area contributed by atoms with Gasteiger partial charge in [0.15, 0.2) is 0 Å². The van der Waals surface area contributed by atoms with Gasteiger partial charge in [0.2, 0.25) is 17.7 Å². The number of thioether (sulfide) groups is 1. The number of hydrogen-bond donors (Lipinski definition) is 2. The molecule has 0 aromatic rings. The molecule has 5 unspecified atom stereocenters. The summed E-state index contributed by atoms with van der Waals surface area (Å²) in [5.74, 6) is 2.14. The molecule has 0 aromatic carbocycles. The van der Waals surface area contributed by atoms with Crippen molar-refractivity contribution >= 4 is 41.9 Å². The number of fused-ring (bicyclic) bond motifs is 5. The summed E-state index contributed by atoms with van der Waals surface area (Å²) in [5.41, 5.74) is 0. The molecule has 2 bridgehead atoms. The van der Waals surface area contributed by atoms with Crippen LogP contribution in [0.25, 0.3) is 0 Å². The number of nitrogens with one attached hydrogen (secondary N) is 2. The van der Waals surface area contributed by atoms with Gasteiger partial charge in [0.05, 0.1) is 11.8 Å². The van der Waals surface area contributed by atoms with E-state index in [1.165, 1.54) is 4.90 Å². The zero-order valence-electron chi connectivity index (χ0n) is 14.0. The number of hydrogen-bond acceptors (Lipinski definition) is 5. The molecule has 2 N–H and O–H groups in total. The molecule has 2 heterocycles. The van der Waals surface area contributed by atoms with Crippen molar-refractivity contribution < 1.29 is 14.4 Å². The normalized spacial score (nSPS) is 35.7. The average molecular weight is 386 g/mol. The van der Waals surface area contributed by atoms with Crippen LogP contribution in [0.2, 0.25) is 0 Å². The lowest BCUT2D eigenvalue weighted by Crippen LogP contribution is -2.43. The predicted octanol–water partition coefficient (Wildman–Crippen LogP) is 0.427. The predicted molar refractivity (Wildman–Crippen MR) is 98.4 cm³/mol. The van der Waals surface area contributed by atoms with Crippen LogP contribution in [-0.2, 0) is 14.4 Å². The van der Waals surface area contributed by atoms with E-state index in [1.807, 2.05) is 11.8 Å². The Morgan fingerprint density at radius 1 is 1.24 bits per heavy atom. The zero-order valence-corrected chi connectivity index (χ0v) is 15.6. The van der Waals surface area contributed by atoms with Gasteiger partial charge in [-0.15, -0.1) is 12.4 Å². The first kappa shape index (κ1) is 18.7. The van der Waals surface area contributed by atoms with Gasteiger partial charge >= 0.3 is 0 Å². The minimum absolute atomic E-state index is 0. The monoisotopic (exact) mass is 385 g/mol. The number of nitrogens with zero attached hydrogens (tertiary/aromatic N) is 1. The van der Waals surface area contributed by atoms with E-state index in [0.29, 0.717) is 19.5 Å². The van der Waals surface area contributed by atoms with Crippen LogP contribution in [0.4, 0.5) is 0 Å². The van der Waals surface area contributed by atoms with E-state index < -0.39 is 0 Å². The molecular formula is C17H24ClN3O3S. The number of carbonyl (C=O) groups is 3. The third-order valence-corrected chi connectivity index (χ3v) is 6.78. The molecule has 4 rings (SSSR count). The van der Waals surface area contributed by atoms with E-state index in [9.17, 15) is 14.4 Å². The first-order valence-corrected chi connectivity index (χ1v) is 9.92. The second kappa shape index (κ2) is 7.68. The van der Waals surface area contributed by atoms with Crippen LogP contribution in [0.3, 0.4) is 0 Å². The average Bonchev–Trinajstić information content (AvgIpc) is 3.25. The molecule has 5 atom stereocenters. The Balaban J connectivity index is 0.00000182. The van der Waals surface area contributed by atoms with Gasteiger partial charge in [0.25, 0.3) is 0 Å². The van der Waals surface area contributed by atoms with Gasteiger partial charge in [0, 0.05) is 43.6 Å². The number of likely N-dealkylation sites (tertiary alicyclic amines) is 1. The maximum absolute atomic E-state index is 12.5. The Morgan fingerprint density at radius 2 is 1.92 bits per heavy atom. The maximum atomic E-state index is 12.5. The smallest absolute Gasteiger partial charge is 0.233 e. The number of halogens is 1. The van der Waals surface area contributed by atoms with Crippen LogP contribution < -0.4 is 10.6 Å². The lowest BCUT2D eigenvalue weighted by atomic mass is 9.85. The first-order valence-electron chi connectivity index (χ1n) is 8.76. The minimum Gasteiger partial charge on any atom is -0.354 e. The third-order valence-electron chi connectivity index (χ3n) is 5.65. The van der Waals surface area contributed by atoms with Crippen molar-refractivity contribution in [2.24, 2.45) is 23.7 Å². The van der Waals surface area contributed by atoms with E-state index in [2.05, 4.69) is 22.8 Å². The molecule has 25 heavy (non-hydrogen) atoms. The van der Waals surface area contributed by atoms with Gasteiger partial charge in [-0.2, -0.15) is 11.8 Å². The van der Waals surface area contributed by atoms with Crippen molar-refractivity contribution in [1.82, 2.24) is 15.5 Å². The molecule has 8 heteroatoms. The topological polar surface area (TPSA) is 78.5 Å². The fourth-order valence-electron chi connectivity index (χ4n) is 4.54. The molecule has 2 aliphatic heterocycles. The van der Waals surface area contributed by atoms with E-state index in [1.54, 1.807) is 0 Å². The number of rotatable bonds is 5. The summed E-state index contributed by atoms with van der Waals surface area (Å²) in [5, 5.41) is 6.18. The summed E-state index contributed by atoms with van der Waals surface area (Å²) in [6, 6.07) is 0.222. The van der Waals surface area contributed by atoms with Gasteiger partial charge in [-0.3, -0.25) is 19.3 Å². The summed E-state index contributed by atoms with van der Waals surface area (Å²) >= 11 is 1.86. The van der Waals surface area contributed by atoms with E-state index >= 15 is 0 Å². The largest absolute Gasteiger partial charge is 0.354 e. The van der Waals surface area contributed by atoms with Crippen molar-refractivity contribution in [3.63, 3.8) is 0 Å². The Labute approximate surface area is 157 Å². The second-order valence-corrected chi connectivity index (χ2v) is 8.26. The van der Waals surface area contributed by atoms with Gasteiger partial charge in [-0.25, -0.2) is 0 Å². The second-order valence-electron chi connectivity index (χ2n) is 7.11. The third kappa shape index (κ3) is 3.46. The molecule has 2 aliphatic carbocycles. The number of carbonyl (C=O) groups excluding carboxylic acids is 3. The fourth-order valence-corrected chi connectivity index (χ4v) is 5.49. The van der Waals surface area contributed by atoms with Gasteiger partial charge in [-0.05, 0) is 18.3 Å². The number of amides is 3. The number of allylic oxidation sites excluding steroid dienone is 2. The maximum Gasteiger partial charge on any atom is 0.233 e. The van der Waals surface area contributed by atoms with Crippen molar-refractivity contribution in [1.29, 1.82) is 0 Å². The van der Waals surface area contributed by atoms with Crippen LogP contribution in [0.15, 0.2) is 12.2 Å². The van der Waals surface area contributed by atoms with Crippen LogP contribution in [-0.4, -0.2) is 59.8 Å². The van der Waals surface area contributed by atoms with E-state index in [4.69, 9.17) is 0 Å². The SMILES string of the molecule is Cl.O=C(CC1CSCCN1)NCCN1C(=O)C2C3C=CC(C3)C2C1=O. The Bertz CT molecular complexity index is 564. The standard InChI is InChI=1S/C17H23N3O3S.ClH/c21-13(8-12-9-24-6-4-18-12)19-3-5-20-16(22)14-10-1-2-11(7-10)15(14)17(20)23;/h1-2,10-12,14-15,18H,3-9H2,(H,19,21);1H. The van der Waals surface area contributed by atoms with Crippen molar-refractivity contribution in [2.75, 3.05) is 31.1 Å². The summed E-state index contributed by atoms with van der Waals surface area (Å²) in [6.07, 6.45) is 5.59.